The zero-order chi connectivity index (χ0) is 15.6. The van der Waals surface area contributed by atoms with Gasteiger partial charge in [-0.05, 0) is 49.4 Å². The molecule has 0 aromatic rings. The van der Waals surface area contributed by atoms with E-state index in [1.807, 2.05) is 0 Å². The smallest absolute Gasteiger partial charge is 0.311 e. The normalized spacial score (nSPS) is 14.8. The van der Waals surface area contributed by atoms with Crippen molar-refractivity contribution in [2.75, 3.05) is 0 Å². The van der Waals surface area contributed by atoms with E-state index >= 15 is 0 Å². The van der Waals surface area contributed by atoms with Gasteiger partial charge in [-0.15, -0.1) is 0 Å². The lowest BCUT2D eigenvalue weighted by Gasteiger charge is -2.48. The molecule has 0 heterocycles. The van der Waals surface area contributed by atoms with Crippen molar-refractivity contribution in [2.24, 2.45) is 0 Å². The molecule has 0 atom stereocenters. The molecule has 0 amide bonds. The van der Waals surface area contributed by atoms with Crippen molar-refractivity contribution >= 4 is 25.2 Å². The molecule has 0 radical (unpaired) electrons. The average molecular weight is 321 g/mol. The first-order chi connectivity index (χ1) is 8.24. The van der Waals surface area contributed by atoms with Crippen LogP contribution in [0.2, 0.25) is 49.4 Å². The molecule has 0 rings (SSSR count). The summed E-state index contributed by atoms with van der Waals surface area (Å²) in [4.78, 5) is 0. The van der Waals surface area contributed by atoms with E-state index in [9.17, 15) is 0 Å². The molecule has 2 nitrogen and oxygen atoms in total. The quantitative estimate of drug-likeness (QED) is 0.557. The molecule has 0 aromatic heterocycles. The minimum Gasteiger partial charge on any atom is -0.437 e. The molecule has 0 aromatic carbocycles. The Morgan fingerprint density at radius 3 is 1.11 bits per heavy atom. The van der Waals surface area contributed by atoms with Crippen molar-refractivity contribution in [3.8, 4) is 0 Å². The minimum atomic E-state index is -2.04. The van der Waals surface area contributed by atoms with Crippen molar-refractivity contribution in [1.29, 1.82) is 0 Å². The summed E-state index contributed by atoms with van der Waals surface area (Å²) in [5.74, 6) is 0. The summed E-state index contributed by atoms with van der Waals surface area (Å²) in [5, 5.41) is 0. The fraction of sp³-hybridized carbons (Fsp3) is 1.00. The van der Waals surface area contributed by atoms with E-state index in [1.54, 1.807) is 0 Å². The molecule has 0 aliphatic carbocycles. The highest BCUT2D eigenvalue weighted by Crippen LogP contribution is 2.44. The van der Waals surface area contributed by atoms with E-state index < -0.39 is 25.2 Å². The van der Waals surface area contributed by atoms with Gasteiger partial charge >= 0.3 is 8.56 Å². The summed E-state index contributed by atoms with van der Waals surface area (Å²) in [6, 6.07) is 0. The molecule has 0 aliphatic rings. The topological polar surface area (TPSA) is 18.5 Å². The molecule has 0 bridgehead atoms. The zero-order valence-electron chi connectivity index (χ0n) is 15.0. The summed E-state index contributed by atoms with van der Waals surface area (Å²) in [5.41, 5.74) is 1.89. The van der Waals surface area contributed by atoms with E-state index in [2.05, 4.69) is 74.3 Å². The van der Waals surface area contributed by atoms with Crippen LogP contribution in [0.1, 0.15) is 41.5 Å². The van der Waals surface area contributed by atoms with E-state index in [4.69, 9.17) is 8.23 Å². The second-order valence-corrected chi connectivity index (χ2v) is 21.9. The van der Waals surface area contributed by atoms with Crippen LogP contribution in [-0.4, -0.2) is 25.2 Å². The highest BCUT2D eigenvalue weighted by atomic mass is 28.5. The molecule has 19 heavy (non-hydrogen) atoms. The molecule has 0 aliphatic heterocycles. The number of hydrogen-bond donors (Lipinski definition) is 0. The Bertz CT molecular complexity index is 259. The van der Waals surface area contributed by atoms with Crippen LogP contribution in [0.25, 0.3) is 0 Å². The third-order valence-electron chi connectivity index (χ3n) is 3.68. The Morgan fingerprint density at radius 1 is 0.579 bits per heavy atom. The first-order valence-electron chi connectivity index (χ1n) is 7.65. The van der Waals surface area contributed by atoms with Crippen LogP contribution in [-0.2, 0) is 8.23 Å². The van der Waals surface area contributed by atoms with Gasteiger partial charge < -0.3 is 8.23 Å². The molecule has 0 N–H and O–H groups in total. The van der Waals surface area contributed by atoms with Crippen molar-refractivity contribution < 1.29 is 8.23 Å². The van der Waals surface area contributed by atoms with Crippen molar-refractivity contribution in [1.82, 2.24) is 0 Å². The second-order valence-electron chi connectivity index (χ2n) is 8.03. The van der Waals surface area contributed by atoms with Crippen molar-refractivity contribution in [2.45, 2.75) is 90.9 Å². The van der Waals surface area contributed by atoms with Gasteiger partial charge in [0.25, 0.3) is 0 Å². The van der Waals surface area contributed by atoms with Crippen LogP contribution < -0.4 is 0 Å². The third-order valence-corrected chi connectivity index (χ3v) is 16.9. The fourth-order valence-electron chi connectivity index (χ4n) is 3.54. The number of rotatable bonds is 7. The van der Waals surface area contributed by atoms with E-state index in [-0.39, 0.29) is 0 Å². The molecule has 0 saturated carbocycles. The Morgan fingerprint density at radius 2 is 0.895 bits per heavy atom. The van der Waals surface area contributed by atoms with Gasteiger partial charge in [-0.1, -0.05) is 41.5 Å². The van der Waals surface area contributed by atoms with Gasteiger partial charge in [-0.2, -0.15) is 0 Å². The summed E-state index contributed by atoms with van der Waals surface area (Å²) in [7, 11) is -5.38. The van der Waals surface area contributed by atoms with Gasteiger partial charge in [0.15, 0.2) is 16.6 Å². The monoisotopic (exact) mass is 320 g/mol. The maximum atomic E-state index is 6.88. The second kappa shape index (κ2) is 6.56. The van der Waals surface area contributed by atoms with Gasteiger partial charge in [0, 0.05) is 0 Å². The van der Waals surface area contributed by atoms with Gasteiger partial charge in [0.05, 0.1) is 0 Å². The van der Waals surface area contributed by atoms with Gasteiger partial charge in [-0.3, -0.25) is 0 Å². The van der Waals surface area contributed by atoms with E-state index in [0.717, 1.165) is 0 Å². The Balaban J connectivity index is 5.33. The Labute approximate surface area is 124 Å². The molecule has 0 spiro atoms. The van der Waals surface area contributed by atoms with Crippen molar-refractivity contribution in [3.63, 3.8) is 0 Å². The maximum absolute atomic E-state index is 6.88. The lowest BCUT2D eigenvalue weighted by atomic mass is 10.5. The molecule has 0 fully saturated rings. The molecular weight excluding hydrogens is 284 g/mol. The Hall–Kier alpha value is 0.571. The van der Waals surface area contributed by atoms with Crippen LogP contribution in [0.4, 0.5) is 0 Å². The van der Waals surface area contributed by atoms with Gasteiger partial charge in [0.1, 0.15) is 0 Å². The average Bonchev–Trinajstić information content (AvgIpc) is 2.08. The highest BCUT2D eigenvalue weighted by Gasteiger charge is 2.49. The molecule has 0 unspecified atom stereocenters. The lowest BCUT2D eigenvalue weighted by molar-refractivity contribution is 0.366. The summed E-state index contributed by atoms with van der Waals surface area (Å²) < 4.78 is 13.3. The predicted molar refractivity (Wildman–Crippen MR) is 94.0 cm³/mol. The summed E-state index contributed by atoms with van der Waals surface area (Å²) >= 11 is 0. The summed E-state index contributed by atoms with van der Waals surface area (Å²) in [6.45, 7) is 25.3. The molecule has 0 saturated heterocycles. The Kier molecular flexibility index (Phi) is 6.75. The van der Waals surface area contributed by atoms with Crippen LogP contribution >= 0.6 is 0 Å². The first-order valence-corrected chi connectivity index (χ1v) is 16.0. The zero-order valence-corrected chi connectivity index (χ0v) is 18.0. The van der Waals surface area contributed by atoms with Gasteiger partial charge in [0.2, 0.25) is 0 Å². The van der Waals surface area contributed by atoms with Crippen LogP contribution in [0.15, 0.2) is 0 Å². The molecular formula is C14H36O2Si3. The van der Waals surface area contributed by atoms with Crippen LogP contribution in [0.3, 0.4) is 0 Å². The summed E-state index contributed by atoms with van der Waals surface area (Å²) in [6.07, 6.45) is 0. The minimum absolute atomic E-state index is 0.629. The standard InChI is InChI=1S/C14H36O2Si3/c1-12(2)19(13(3)4,14(5)6)16-18(10,11)15-17(7,8)9/h12-14H,1-11H3. The third kappa shape index (κ3) is 5.46. The SMILES string of the molecule is CC(C)[Si](O[Si](C)(C)O[Si](C)(C)C)(C(C)C)C(C)C. The molecule has 116 valence electrons. The maximum Gasteiger partial charge on any atom is 0.311 e. The predicted octanol–water partition coefficient (Wildman–Crippen LogP) is 5.73. The highest BCUT2D eigenvalue weighted by molar-refractivity contribution is 6.89. The van der Waals surface area contributed by atoms with Crippen LogP contribution in [0.5, 0.6) is 0 Å². The van der Waals surface area contributed by atoms with Gasteiger partial charge in [-0.25, -0.2) is 0 Å². The van der Waals surface area contributed by atoms with Crippen LogP contribution in [0, 0.1) is 0 Å². The first kappa shape index (κ1) is 19.6. The fourth-order valence-corrected chi connectivity index (χ4v) is 20.2. The largest absolute Gasteiger partial charge is 0.437 e. The van der Waals surface area contributed by atoms with E-state index in [1.165, 1.54) is 0 Å². The van der Waals surface area contributed by atoms with Crippen molar-refractivity contribution in [3.05, 3.63) is 0 Å². The number of hydrogen-bond acceptors (Lipinski definition) is 2. The lowest BCUT2D eigenvalue weighted by Crippen LogP contribution is -2.58. The van der Waals surface area contributed by atoms with E-state index in [0.29, 0.717) is 16.6 Å². The molecule has 5 heteroatoms.